The van der Waals surface area contributed by atoms with Crippen LogP contribution in [-0.2, 0) is 25.0 Å². The van der Waals surface area contributed by atoms with Crippen molar-refractivity contribution in [2.45, 2.75) is 43.5 Å². The highest BCUT2D eigenvalue weighted by Crippen LogP contribution is 2.69. The predicted octanol–water partition coefficient (Wildman–Crippen LogP) is 4.34. The van der Waals surface area contributed by atoms with E-state index in [1.807, 2.05) is 12.1 Å². The van der Waals surface area contributed by atoms with Crippen LogP contribution in [0.3, 0.4) is 0 Å². The molecule has 6 rings (SSSR count). The molecule has 5 aliphatic rings. The fraction of sp³-hybridized carbons (Fsp3) is 0.591. The lowest BCUT2D eigenvalue weighted by Crippen LogP contribution is -2.76. The Labute approximate surface area is 164 Å². The van der Waals surface area contributed by atoms with Gasteiger partial charge in [0.25, 0.3) is 5.79 Å². The summed E-state index contributed by atoms with van der Waals surface area (Å²) in [6, 6.07) is 7.28. The Kier molecular flexibility index (Phi) is 4.27. The minimum Gasteiger partial charge on any atom is -0.430 e. The standard InChI is InChI=1S/C22H26O6/c1-3-7-25-20(23)26-19-6-4-5-16(13-19)22(24-2)21(27-28-22)17-9-14-8-15(11-17)12-18(21)10-14/h3-6,13-15,17-18H,1,7-12H2,2H3. The second-order valence-electron chi connectivity index (χ2n) is 8.56. The summed E-state index contributed by atoms with van der Waals surface area (Å²) in [5, 5.41) is 0. The third-order valence-corrected chi connectivity index (χ3v) is 7.18. The van der Waals surface area contributed by atoms with Gasteiger partial charge in [-0.3, -0.25) is 0 Å². The summed E-state index contributed by atoms with van der Waals surface area (Å²) in [6.07, 6.45) is 6.78. The van der Waals surface area contributed by atoms with Gasteiger partial charge in [0.05, 0.1) is 0 Å². The lowest BCUT2D eigenvalue weighted by atomic mass is 9.47. The first-order chi connectivity index (χ1) is 13.6. The van der Waals surface area contributed by atoms with E-state index in [1.54, 1.807) is 19.2 Å². The number of benzene rings is 1. The van der Waals surface area contributed by atoms with Crippen molar-refractivity contribution in [1.29, 1.82) is 0 Å². The molecule has 0 aromatic heterocycles. The second-order valence-corrected chi connectivity index (χ2v) is 8.56. The summed E-state index contributed by atoms with van der Waals surface area (Å²) in [4.78, 5) is 23.5. The average molecular weight is 386 g/mol. The zero-order chi connectivity index (χ0) is 19.4. The van der Waals surface area contributed by atoms with Crippen LogP contribution in [-0.4, -0.2) is 25.5 Å². The molecule has 4 bridgehead atoms. The Morgan fingerprint density at radius 3 is 2.46 bits per heavy atom. The van der Waals surface area contributed by atoms with Gasteiger partial charge in [-0.15, -0.1) is 0 Å². The number of carbonyl (C=O) groups is 1. The summed E-state index contributed by atoms with van der Waals surface area (Å²) in [5.41, 5.74) is 0.347. The maximum atomic E-state index is 11.8. The van der Waals surface area contributed by atoms with Crippen molar-refractivity contribution in [1.82, 2.24) is 0 Å². The minimum absolute atomic E-state index is 0.103. The maximum Gasteiger partial charge on any atom is 0.514 e. The fourth-order valence-electron chi connectivity index (χ4n) is 6.37. The monoisotopic (exact) mass is 386 g/mol. The van der Waals surface area contributed by atoms with Crippen molar-refractivity contribution in [3.05, 3.63) is 42.5 Å². The highest BCUT2D eigenvalue weighted by atomic mass is 17.3. The molecule has 28 heavy (non-hydrogen) atoms. The van der Waals surface area contributed by atoms with Crippen molar-refractivity contribution >= 4 is 6.16 Å². The molecule has 1 heterocycles. The van der Waals surface area contributed by atoms with E-state index in [9.17, 15) is 4.79 Å². The van der Waals surface area contributed by atoms with Gasteiger partial charge in [-0.1, -0.05) is 24.8 Å². The molecule has 4 aliphatic carbocycles. The zero-order valence-electron chi connectivity index (χ0n) is 16.1. The average Bonchev–Trinajstić information content (AvgIpc) is 2.66. The van der Waals surface area contributed by atoms with E-state index in [0.29, 0.717) is 17.6 Å². The molecule has 6 nitrogen and oxygen atoms in total. The normalized spacial score (nSPS) is 40.2. The predicted molar refractivity (Wildman–Crippen MR) is 99.2 cm³/mol. The van der Waals surface area contributed by atoms with Crippen LogP contribution in [0.5, 0.6) is 5.75 Å². The molecule has 1 spiro atoms. The summed E-state index contributed by atoms with van der Waals surface area (Å²) >= 11 is 0. The first-order valence-electron chi connectivity index (χ1n) is 10.1. The number of rotatable bonds is 5. The summed E-state index contributed by atoms with van der Waals surface area (Å²) < 4.78 is 16.2. The van der Waals surface area contributed by atoms with Crippen LogP contribution >= 0.6 is 0 Å². The second kappa shape index (κ2) is 6.58. The molecule has 1 aromatic rings. The molecule has 0 amide bonds. The van der Waals surface area contributed by atoms with E-state index in [2.05, 4.69) is 6.58 Å². The molecule has 1 aromatic carbocycles. The van der Waals surface area contributed by atoms with Gasteiger partial charge < -0.3 is 14.2 Å². The van der Waals surface area contributed by atoms with E-state index in [4.69, 9.17) is 24.0 Å². The van der Waals surface area contributed by atoms with Gasteiger partial charge >= 0.3 is 6.16 Å². The molecule has 1 saturated heterocycles. The first-order valence-corrected chi connectivity index (χ1v) is 10.1. The summed E-state index contributed by atoms with van der Waals surface area (Å²) in [7, 11) is 1.67. The molecule has 1 unspecified atom stereocenters. The molecular weight excluding hydrogens is 360 g/mol. The molecule has 5 fully saturated rings. The van der Waals surface area contributed by atoms with Gasteiger partial charge in [0, 0.05) is 12.7 Å². The molecule has 6 heteroatoms. The molecule has 1 aliphatic heterocycles. The Balaban J connectivity index is 1.45. The largest absolute Gasteiger partial charge is 0.514 e. The Morgan fingerprint density at radius 2 is 1.89 bits per heavy atom. The third-order valence-electron chi connectivity index (χ3n) is 7.18. The van der Waals surface area contributed by atoms with E-state index in [0.717, 1.165) is 17.4 Å². The maximum absolute atomic E-state index is 11.8. The molecule has 150 valence electrons. The van der Waals surface area contributed by atoms with Crippen LogP contribution in [0, 0.1) is 23.7 Å². The van der Waals surface area contributed by atoms with Crippen LogP contribution in [0.25, 0.3) is 0 Å². The van der Waals surface area contributed by atoms with Crippen LogP contribution in [0.15, 0.2) is 36.9 Å². The quantitative estimate of drug-likeness (QED) is 0.325. The molecule has 0 radical (unpaired) electrons. The van der Waals surface area contributed by atoms with Crippen LogP contribution in [0.4, 0.5) is 4.79 Å². The van der Waals surface area contributed by atoms with Gasteiger partial charge in [0.2, 0.25) is 0 Å². The number of carbonyl (C=O) groups excluding carboxylic acids is 1. The Hall–Kier alpha value is -1.89. The minimum atomic E-state index is -0.972. The van der Waals surface area contributed by atoms with Crippen LogP contribution < -0.4 is 4.74 Å². The van der Waals surface area contributed by atoms with Gasteiger partial charge in [-0.05, 0) is 67.9 Å². The summed E-state index contributed by atoms with van der Waals surface area (Å²) in [6.45, 7) is 3.62. The fourth-order valence-corrected chi connectivity index (χ4v) is 6.37. The van der Waals surface area contributed by atoms with Gasteiger partial charge in [0.1, 0.15) is 12.4 Å². The Morgan fingerprint density at radius 1 is 1.18 bits per heavy atom. The van der Waals surface area contributed by atoms with E-state index < -0.39 is 17.5 Å². The van der Waals surface area contributed by atoms with E-state index >= 15 is 0 Å². The number of methoxy groups -OCH3 is 1. The smallest absolute Gasteiger partial charge is 0.430 e. The van der Waals surface area contributed by atoms with E-state index in [-0.39, 0.29) is 6.61 Å². The van der Waals surface area contributed by atoms with Gasteiger partial charge in [0.15, 0.2) is 5.60 Å². The van der Waals surface area contributed by atoms with Crippen molar-refractivity contribution < 1.29 is 28.8 Å². The van der Waals surface area contributed by atoms with Crippen molar-refractivity contribution in [2.24, 2.45) is 23.7 Å². The molecule has 4 saturated carbocycles. The highest BCUT2D eigenvalue weighted by Gasteiger charge is 2.76. The SMILES string of the molecule is C=CCOC(=O)Oc1cccc(C2(OC)OOC23C2CC4CC(C2)CC3C4)c1. The highest BCUT2D eigenvalue weighted by molar-refractivity contribution is 5.64. The first kappa shape index (κ1) is 18.2. The van der Waals surface area contributed by atoms with E-state index in [1.165, 1.54) is 38.2 Å². The lowest BCUT2D eigenvalue weighted by Gasteiger charge is -2.68. The zero-order valence-corrected chi connectivity index (χ0v) is 16.1. The Bertz CT molecular complexity index is 757. The topological polar surface area (TPSA) is 63.2 Å². The van der Waals surface area contributed by atoms with Crippen molar-refractivity contribution in [3.63, 3.8) is 0 Å². The number of hydrogen-bond donors (Lipinski definition) is 0. The van der Waals surface area contributed by atoms with Crippen molar-refractivity contribution in [3.8, 4) is 5.75 Å². The molecule has 0 N–H and O–H groups in total. The van der Waals surface area contributed by atoms with Gasteiger partial charge in [-0.25, -0.2) is 9.68 Å². The number of hydrogen-bond acceptors (Lipinski definition) is 6. The molecular formula is C22H26O6. The number of ether oxygens (including phenoxy) is 3. The third kappa shape index (κ3) is 2.41. The van der Waals surface area contributed by atoms with Crippen molar-refractivity contribution in [2.75, 3.05) is 13.7 Å². The summed E-state index contributed by atoms with van der Waals surface area (Å²) in [5.74, 6) is 1.89. The lowest BCUT2D eigenvalue weighted by molar-refractivity contribution is -0.645. The van der Waals surface area contributed by atoms with Crippen LogP contribution in [0.1, 0.15) is 37.7 Å². The molecule has 1 atom stereocenters. The van der Waals surface area contributed by atoms with Crippen LogP contribution in [0.2, 0.25) is 0 Å². The van der Waals surface area contributed by atoms with Gasteiger partial charge in [-0.2, -0.15) is 4.89 Å².